The van der Waals surface area contributed by atoms with E-state index in [0.717, 1.165) is 20.8 Å². The zero-order chi connectivity index (χ0) is 23.8. The highest BCUT2D eigenvalue weighted by atomic mass is 16.7. The molecule has 10 heteroatoms. The number of esters is 4. The molecule has 1 aliphatic heterocycles. The van der Waals surface area contributed by atoms with Crippen LogP contribution in [0.15, 0.2) is 30.3 Å². The van der Waals surface area contributed by atoms with Gasteiger partial charge in [-0.2, -0.15) is 0 Å². The Labute approximate surface area is 185 Å². The van der Waals surface area contributed by atoms with Crippen LogP contribution in [0.4, 0.5) is 0 Å². The van der Waals surface area contributed by atoms with Crippen molar-refractivity contribution >= 4 is 29.7 Å². The van der Waals surface area contributed by atoms with Gasteiger partial charge in [0.15, 0.2) is 24.1 Å². The third-order valence-electron chi connectivity index (χ3n) is 4.57. The number of hydrogen-bond donors (Lipinski definition) is 0. The van der Waals surface area contributed by atoms with E-state index in [2.05, 4.69) is 0 Å². The predicted octanol–water partition coefficient (Wildman–Crippen LogP) is 1.38. The van der Waals surface area contributed by atoms with E-state index in [1.165, 1.54) is 6.92 Å². The van der Waals surface area contributed by atoms with Gasteiger partial charge in [0.25, 0.3) is 0 Å². The second-order valence-electron chi connectivity index (χ2n) is 7.23. The Kier molecular flexibility index (Phi) is 8.89. The summed E-state index contributed by atoms with van der Waals surface area (Å²) in [7, 11) is 0. The van der Waals surface area contributed by atoms with E-state index in [9.17, 15) is 24.0 Å². The lowest BCUT2D eigenvalue weighted by atomic mass is 9.90. The number of Topliss-reactive ketones (excluding diaryl/α,β-unsaturated/α-hetero) is 1. The van der Waals surface area contributed by atoms with Gasteiger partial charge in [0.1, 0.15) is 18.8 Å². The van der Waals surface area contributed by atoms with E-state index in [0.29, 0.717) is 5.56 Å². The van der Waals surface area contributed by atoms with Crippen LogP contribution in [-0.4, -0.2) is 66.8 Å². The van der Waals surface area contributed by atoms with Gasteiger partial charge in [-0.3, -0.25) is 24.0 Å². The summed E-state index contributed by atoms with van der Waals surface area (Å²) in [6.07, 6.45) is -6.16. The van der Waals surface area contributed by atoms with E-state index >= 15 is 0 Å². The zero-order valence-corrected chi connectivity index (χ0v) is 18.3. The largest absolute Gasteiger partial charge is 0.463 e. The van der Waals surface area contributed by atoms with Crippen molar-refractivity contribution in [2.45, 2.75) is 64.6 Å². The summed E-state index contributed by atoms with van der Waals surface area (Å²) in [6.45, 7) is 4.27. The van der Waals surface area contributed by atoms with Crippen LogP contribution in [0.1, 0.15) is 44.5 Å². The van der Waals surface area contributed by atoms with Gasteiger partial charge in [-0.25, -0.2) is 0 Å². The fourth-order valence-corrected chi connectivity index (χ4v) is 3.41. The smallest absolute Gasteiger partial charge is 0.303 e. The molecule has 0 unspecified atom stereocenters. The summed E-state index contributed by atoms with van der Waals surface area (Å²) in [6, 6.07) is 8.38. The van der Waals surface area contributed by atoms with Crippen LogP contribution in [0.25, 0.3) is 0 Å². The van der Waals surface area contributed by atoms with Crippen LogP contribution in [0.3, 0.4) is 0 Å². The Morgan fingerprint density at radius 3 is 1.72 bits per heavy atom. The van der Waals surface area contributed by atoms with Gasteiger partial charge in [0.05, 0.1) is 0 Å². The van der Waals surface area contributed by atoms with Gasteiger partial charge >= 0.3 is 23.9 Å². The molecule has 10 nitrogen and oxygen atoms in total. The van der Waals surface area contributed by atoms with Crippen molar-refractivity contribution in [2.75, 3.05) is 6.61 Å². The molecule has 5 atom stereocenters. The maximum absolute atomic E-state index is 12.8. The van der Waals surface area contributed by atoms with Crippen molar-refractivity contribution in [3.63, 3.8) is 0 Å². The van der Waals surface area contributed by atoms with Gasteiger partial charge in [-0.15, -0.1) is 0 Å². The number of carbonyl (C=O) groups excluding carboxylic acids is 5. The molecule has 0 saturated carbocycles. The molecule has 1 heterocycles. The van der Waals surface area contributed by atoms with Gasteiger partial charge < -0.3 is 23.7 Å². The molecule has 0 bridgehead atoms. The summed E-state index contributed by atoms with van der Waals surface area (Å²) in [5.74, 6) is -3.09. The van der Waals surface area contributed by atoms with E-state index in [-0.39, 0.29) is 18.8 Å². The summed E-state index contributed by atoms with van der Waals surface area (Å²) in [5, 5.41) is 0. The van der Waals surface area contributed by atoms with Crippen LogP contribution < -0.4 is 0 Å². The van der Waals surface area contributed by atoms with Crippen molar-refractivity contribution in [3.05, 3.63) is 35.9 Å². The maximum Gasteiger partial charge on any atom is 0.303 e. The summed E-state index contributed by atoms with van der Waals surface area (Å²) >= 11 is 0. The summed E-state index contributed by atoms with van der Waals surface area (Å²) in [5.41, 5.74) is 0.403. The van der Waals surface area contributed by atoms with E-state index in [1.807, 2.05) is 0 Å². The lowest BCUT2D eigenvalue weighted by molar-refractivity contribution is -0.251. The molecule has 32 heavy (non-hydrogen) atoms. The molecule has 174 valence electrons. The van der Waals surface area contributed by atoms with E-state index in [4.69, 9.17) is 23.7 Å². The third-order valence-corrected chi connectivity index (χ3v) is 4.57. The zero-order valence-electron chi connectivity index (χ0n) is 18.3. The second-order valence-corrected chi connectivity index (χ2v) is 7.23. The summed E-state index contributed by atoms with van der Waals surface area (Å²) in [4.78, 5) is 59.4. The first-order valence-electron chi connectivity index (χ1n) is 9.97. The lowest BCUT2D eigenvalue weighted by Gasteiger charge is -2.44. The minimum Gasteiger partial charge on any atom is -0.463 e. The monoisotopic (exact) mass is 450 g/mol. The molecule has 0 spiro atoms. The number of ether oxygens (including phenoxy) is 5. The first-order chi connectivity index (χ1) is 15.1. The minimum atomic E-state index is -1.29. The number of benzene rings is 1. The van der Waals surface area contributed by atoms with Gasteiger partial charge in [-0.05, 0) is 0 Å². The molecule has 1 aromatic rings. The van der Waals surface area contributed by atoms with Crippen molar-refractivity contribution < 1.29 is 47.7 Å². The average Bonchev–Trinajstić information content (AvgIpc) is 2.70. The highest BCUT2D eigenvalue weighted by Crippen LogP contribution is 2.31. The average molecular weight is 450 g/mol. The van der Waals surface area contributed by atoms with Crippen molar-refractivity contribution in [2.24, 2.45) is 0 Å². The SMILES string of the molecule is CC(=O)OC[C@H]1O[C@@H](CC(=O)c2ccccc2)[C@H](OC(C)=O)[C@@H](OC(C)=O)[C@@H]1OC(C)=O. The van der Waals surface area contributed by atoms with Crippen LogP contribution in [0, 0.1) is 0 Å². The fourth-order valence-electron chi connectivity index (χ4n) is 3.41. The van der Waals surface area contributed by atoms with Crippen molar-refractivity contribution in [3.8, 4) is 0 Å². The molecule has 0 aromatic heterocycles. The van der Waals surface area contributed by atoms with Crippen molar-refractivity contribution in [1.82, 2.24) is 0 Å². The Hall–Kier alpha value is -3.27. The number of rotatable bonds is 8. The number of hydrogen-bond acceptors (Lipinski definition) is 10. The van der Waals surface area contributed by atoms with E-state index in [1.54, 1.807) is 30.3 Å². The predicted molar refractivity (Wildman–Crippen MR) is 107 cm³/mol. The first-order valence-corrected chi connectivity index (χ1v) is 9.97. The van der Waals surface area contributed by atoms with E-state index < -0.39 is 54.4 Å². The lowest BCUT2D eigenvalue weighted by Crippen LogP contribution is -2.62. The Morgan fingerprint density at radius 2 is 1.22 bits per heavy atom. The molecule has 1 fully saturated rings. The van der Waals surface area contributed by atoms with Gasteiger partial charge in [0.2, 0.25) is 0 Å². The molecule has 0 amide bonds. The fraction of sp³-hybridized carbons (Fsp3) is 0.500. The number of ketones is 1. The Morgan fingerprint density at radius 1 is 0.719 bits per heavy atom. The Balaban J connectivity index is 2.42. The van der Waals surface area contributed by atoms with Crippen molar-refractivity contribution in [1.29, 1.82) is 0 Å². The normalized spacial score (nSPS) is 24.7. The summed E-state index contributed by atoms with van der Waals surface area (Å²) < 4.78 is 26.9. The molecular formula is C22H26O10. The van der Waals surface area contributed by atoms with Crippen LogP contribution in [0.5, 0.6) is 0 Å². The molecule has 2 rings (SSSR count). The number of carbonyl (C=O) groups is 5. The topological polar surface area (TPSA) is 132 Å². The molecule has 0 N–H and O–H groups in total. The molecular weight excluding hydrogens is 424 g/mol. The molecule has 1 saturated heterocycles. The quantitative estimate of drug-likeness (QED) is 0.325. The minimum absolute atomic E-state index is 0.233. The maximum atomic E-state index is 12.8. The Bertz CT molecular complexity index is 850. The van der Waals surface area contributed by atoms with Gasteiger partial charge in [-0.1, -0.05) is 30.3 Å². The van der Waals surface area contributed by atoms with Crippen LogP contribution in [0.2, 0.25) is 0 Å². The molecule has 1 aromatic carbocycles. The van der Waals surface area contributed by atoms with Gasteiger partial charge in [0, 0.05) is 39.7 Å². The van der Waals surface area contributed by atoms with Crippen LogP contribution >= 0.6 is 0 Å². The standard InChI is InChI=1S/C22H26O10/c1-12(23)28-11-19-21(30-14(3)25)22(31-15(4)26)20(29-13(2)24)18(32-19)10-17(27)16-8-6-5-7-9-16/h5-9,18-22H,10-11H2,1-4H3/t18-,19+,20-,21+,22+/m0/s1. The third kappa shape index (κ3) is 7.16. The highest BCUT2D eigenvalue weighted by molar-refractivity contribution is 5.96. The molecule has 0 aliphatic carbocycles. The highest BCUT2D eigenvalue weighted by Gasteiger charge is 2.52. The molecule has 0 radical (unpaired) electrons. The molecule has 1 aliphatic rings. The first kappa shape index (κ1) is 25.0. The van der Waals surface area contributed by atoms with Crippen LogP contribution in [-0.2, 0) is 42.9 Å². The second kappa shape index (κ2) is 11.4.